The Morgan fingerprint density at radius 3 is 2.64 bits per heavy atom. The Labute approximate surface area is 135 Å². The van der Waals surface area contributed by atoms with Gasteiger partial charge in [-0.3, -0.25) is 5.32 Å². The molecular formula is C16H19ClN2O3. The lowest BCUT2D eigenvalue weighted by Crippen LogP contribution is -2.27. The summed E-state index contributed by atoms with van der Waals surface area (Å²) in [6, 6.07) is 5.03. The third-order valence-electron chi connectivity index (χ3n) is 2.63. The molecule has 1 aromatic rings. The Kier molecular flexibility index (Phi) is 5.98. The van der Waals surface area contributed by atoms with Crippen LogP contribution in [0.25, 0.3) is 5.57 Å². The first-order chi connectivity index (χ1) is 10.2. The molecule has 1 aromatic carbocycles. The molecule has 6 heteroatoms. The van der Waals surface area contributed by atoms with Crippen molar-refractivity contribution < 1.29 is 14.6 Å². The largest absolute Gasteiger partial charge is 0.444 e. The standard InChI is InChI=1S/C16H19ClN2O3/c1-10(5-6-20)12-7-11(9-18)8-13(14(12)17)19-15(21)22-16(2,3)4/h7-8,20H,1,5-6H2,2-4H3,(H,19,21). The zero-order valence-electron chi connectivity index (χ0n) is 12.9. The maximum atomic E-state index is 11.8. The fourth-order valence-corrected chi connectivity index (χ4v) is 2.01. The molecule has 0 aliphatic rings. The second-order valence-corrected chi connectivity index (χ2v) is 6.08. The Hall–Kier alpha value is -2.03. The van der Waals surface area contributed by atoms with Crippen LogP contribution < -0.4 is 5.32 Å². The number of hydrogen-bond acceptors (Lipinski definition) is 4. The van der Waals surface area contributed by atoms with E-state index in [1.807, 2.05) is 6.07 Å². The van der Waals surface area contributed by atoms with Crippen LogP contribution in [-0.4, -0.2) is 23.4 Å². The predicted molar refractivity (Wildman–Crippen MR) is 86.8 cm³/mol. The van der Waals surface area contributed by atoms with Crippen LogP contribution in [0.2, 0.25) is 5.02 Å². The SMILES string of the molecule is C=C(CCO)c1cc(C#N)cc(NC(=O)OC(C)(C)C)c1Cl. The molecule has 0 spiro atoms. The van der Waals surface area contributed by atoms with Crippen LogP contribution in [-0.2, 0) is 4.74 Å². The highest BCUT2D eigenvalue weighted by molar-refractivity contribution is 6.35. The molecule has 0 saturated heterocycles. The molecule has 5 nitrogen and oxygen atoms in total. The van der Waals surface area contributed by atoms with Crippen molar-refractivity contribution >= 4 is 29.0 Å². The van der Waals surface area contributed by atoms with Gasteiger partial charge in [-0.2, -0.15) is 5.26 Å². The summed E-state index contributed by atoms with van der Waals surface area (Å²) in [5.41, 5.74) is 1.04. The van der Waals surface area contributed by atoms with Crippen molar-refractivity contribution in [3.05, 3.63) is 34.9 Å². The minimum Gasteiger partial charge on any atom is -0.444 e. The zero-order chi connectivity index (χ0) is 16.9. The van der Waals surface area contributed by atoms with Gasteiger partial charge >= 0.3 is 6.09 Å². The summed E-state index contributed by atoms with van der Waals surface area (Å²) in [5, 5.41) is 20.9. The molecule has 0 bridgehead atoms. The smallest absolute Gasteiger partial charge is 0.412 e. The van der Waals surface area contributed by atoms with E-state index in [0.717, 1.165) is 0 Å². The van der Waals surface area contributed by atoms with Crippen LogP contribution in [0.5, 0.6) is 0 Å². The summed E-state index contributed by atoms with van der Waals surface area (Å²) in [5.74, 6) is 0. The molecule has 0 saturated carbocycles. The van der Waals surface area contributed by atoms with Crippen molar-refractivity contribution in [2.45, 2.75) is 32.8 Å². The topological polar surface area (TPSA) is 82.4 Å². The Morgan fingerprint density at radius 1 is 1.50 bits per heavy atom. The fraction of sp³-hybridized carbons (Fsp3) is 0.375. The molecule has 0 aliphatic carbocycles. The number of anilines is 1. The first kappa shape index (κ1) is 18.0. The number of amides is 1. The molecule has 0 aromatic heterocycles. The fourth-order valence-electron chi connectivity index (χ4n) is 1.72. The monoisotopic (exact) mass is 322 g/mol. The predicted octanol–water partition coefficient (Wildman–Crippen LogP) is 3.95. The van der Waals surface area contributed by atoms with E-state index in [4.69, 9.17) is 26.7 Å². The van der Waals surface area contributed by atoms with Crippen molar-refractivity contribution in [2.24, 2.45) is 0 Å². The van der Waals surface area contributed by atoms with Crippen LogP contribution in [0.4, 0.5) is 10.5 Å². The van der Waals surface area contributed by atoms with E-state index in [9.17, 15) is 4.79 Å². The van der Waals surface area contributed by atoms with E-state index < -0.39 is 11.7 Å². The number of aliphatic hydroxyl groups excluding tert-OH is 1. The van der Waals surface area contributed by atoms with Gasteiger partial charge in [0.2, 0.25) is 0 Å². The number of carbonyl (C=O) groups excluding carboxylic acids is 1. The lowest BCUT2D eigenvalue weighted by atomic mass is 10.0. The molecule has 2 N–H and O–H groups in total. The van der Waals surface area contributed by atoms with E-state index in [1.165, 1.54) is 6.07 Å². The third-order valence-corrected chi connectivity index (χ3v) is 3.04. The average molecular weight is 323 g/mol. The summed E-state index contributed by atoms with van der Waals surface area (Å²) in [7, 11) is 0. The number of nitrogens with zero attached hydrogens (tertiary/aromatic N) is 1. The third kappa shape index (κ3) is 5.06. The number of halogens is 1. The molecular weight excluding hydrogens is 304 g/mol. The van der Waals surface area contributed by atoms with Gasteiger partial charge in [-0.15, -0.1) is 0 Å². The van der Waals surface area contributed by atoms with Crippen LogP contribution in [0, 0.1) is 11.3 Å². The number of rotatable bonds is 4. The summed E-state index contributed by atoms with van der Waals surface area (Å²) >= 11 is 6.26. The normalized spacial score (nSPS) is 10.7. The van der Waals surface area contributed by atoms with E-state index in [2.05, 4.69) is 11.9 Å². The molecule has 0 fully saturated rings. The number of ether oxygens (including phenoxy) is 1. The van der Waals surface area contributed by atoms with Crippen molar-refractivity contribution in [1.29, 1.82) is 5.26 Å². The van der Waals surface area contributed by atoms with E-state index in [1.54, 1.807) is 26.8 Å². The van der Waals surface area contributed by atoms with Gasteiger partial charge in [0.05, 0.1) is 22.3 Å². The lowest BCUT2D eigenvalue weighted by Gasteiger charge is -2.20. The number of nitriles is 1. The van der Waals surface area contributed by atoms with E-state index in [-0.39, 0.29) is 17.3 Å². The minimum atomic E-state index is -0.664. The van der Waals surface area contributed by atoms with Gasteiger partial charge in [-0.05, 0) is 50.5 Å². The molecule has 118 valence electrons. The Bertz CT molecular complexity index is 628. The quantitative estimate of drug-likeness (QED) is 0.879. The highest BCUT2D eigenvalue weighted by Gasteiger charge is 2.19. The first-order valence-electron chi connectivity index (χ1n) is 6.70. The van der Waals surface area contributed by atoms with Crippen molar-refractivity contribution in [3.63, 3.8) is 0 Å². The van der Waals surface area contributed by atoms with Crippen LogP contribution in [0.15, 0.2) is 18.7 Å². The van der Waals surface area contributed by atoms with Crippen LogP contribution in [0.3, 0.4) is 0 Å². The first-order valence-corrected chi connectivity index (χ1v) is 7.08. The molecule has 22 heavy (non-hydrogen) atoms. The second kappa shape index (κ2) is 7.30. The Morgan fingerprint density at radius 2 is 2.14 bits per heavy atom. The average Bonchev–Trinajstić information content (AvgIpc) is 2.39. The number of benzene rings is 1. The van der Waals surface area contributed by atoms with Crippen molar-refractivity contribution in [3.8, 4) is 6.07 Å². The van der Waals surface area contributed by atoms with Crippen LogP contribution in [0.1, 0.15) is 38.3 Å². The van der Waals surface area contributed by atoms with Gasteiger partial charge in [0, 0.05) is 6.61 Å². The molecule has 1 rings (SSSR count). The van der Waals surface area contributed by atoms with Gasteiger partial charge < -0.3 is 9.84 Å². The van der Waals surface area contributed by atoms with Crippen molar-refractivity contribution in [2.75, 3.05) is 11.9 Å². The van der Waals surface area contributed by atoms with E-state index in [0.29, 0.717) is 23.1 Å². The lowest BCUT2D eigenvalue weighted by molar-refractivity contribution is 0.0636. The summed E-state index contributed by atoms with van der Waals surface area (Å²) < 4.78 is 5.16. The van der Waals surface area contributed by atoms with Gasteiger partial charge in [-0.1, -0.05) is 18.2 Å². The Balaban J connectivity index is 3.14. The molecule has 0 heterocycles. The van der Waals surface area contributed by atoms with Gasteiger partial charge in [0.15, 0.2) is 0 Å². The van der Waals surface area contributed by atoms with Crippen molar-refractivity contribution in [1.82, 2.24) is 0 Å². The maximum absolute atomic E-state index is 11.8. The minimum absolute atomic E-state index is 0.0826. The zero-order valence-corrected chi connectivity index (χ0v) is 13.6. The highest BCUT2D eigenvalue weighted by atomic mass is 35.5. The molecule has 1 amide bonds. The number of carbonyl (C=O) groups is 1. The summed E-state index contributed by atoms with van der Waals surface area (Å²) in [6.45, 7) is 8.98. The highest BCUT2D eigenvalue weighted by Crippen LogP contribution is 2.33. The summed E-state index contributed by atoms with van der Waals surface area (Å²) in [6.07, 6.45) is -0.344. The molecule has 0 atom stereocenters. The second-order valence-electron chi connectivity index (χ2n) is 5.70. The number of nitrogens with one attached hydrogen (secondary N) is 1. The number of hydrogen-bond donors (Lipinski definition) is 2. The molecule has 0 radical (unpaired) electrons. The van der Waals surface area contributed by atoms with Gasteiger partial charge in [0.1, 0.15) is 5.60 Å². The van der Waals surface area contributed by atoms with Gasteiger partial charge in [0.25, 0.3) is 0 Å². The van der Waals surface area contributed by atoms with E-state index >= 15 is 0 Å². The summed E-state index contributed by atoms with van der Waals surface area (Å²) in [4.78, 5) is 11.8. The molecule has 0 unspecified atom stereocenters. The maximum Gasteiger partial charge on any atom is 0.412 e. The van der Waals surface area contributed by atoms with Gasteiger partial charge in [-0.25, -0.2) is 4.79 Å². The number of aliphatic hydroxyl groups is 1. The van der Waals surface area contributed by atoms with Crippen LogP contribution >= 0.6 is 11.6 Å². The molecule has 0 aliphatic heterocycles.